The van der Waals surface area contributed by atoms with Crippen molar-refractivity contribution in [2.24, 2.45) is 23.7 Å². The van der Waals surface area contributed by atoms with Crippen LogP contribution in [0, 0.1) is 23.7 Å². The Balaban J connectivity index is 2.37. The molecular weight excluding hydrogens is 204 g/mol. The number of hydrogen-bond donors (Lipinski definition) is 0. The molecule has 2 aliphatic rings. The molecule has 0 amide bonds. The van der Waals surface area contributed by atoms with Gasteiger partial charge in [0, 0.05) is 0 Å². The fraction of sp³-hybridized carbons (Fsp3) is 0.765. The topological polar surface area (TPSA) is 0 Å². The van der Waals surface area contributed by atoms with Crippen LogP contribution in [0.2, 0.25) is 0 Å². The molecule has 0 aromatic heterocycles. The summed E-state index contributed by atoms with van der Waals surface area (Å²) in [6.45, 7) is 12.0. The minimum absolute atomic E-state index is 0.778. The highest BCUT2D eigenvalue weighted by atomic mass is 14.4. The van der Waals surface area contributed by atoms with Gasteiger partial charge >= 0.3 is 0 Å². The minimum Gasteiger partial charge on any atom is -0.0727 e. The Morgan fingerprint density at radius 1 is 1.29 bits per heavy atom. The highest BCUT2D eigenvalue weighted by Crippen LogP contribution is 2.46. The Hall–Kier alpha value is -0.520. The van der Waals surface area contributed by atoms with Crippen LogP contribution in [0.4, 0.5) is 0 Å². The van der Waals surface area contributed by atoms with Gasteiger partial charge in [-0.2, -0.15) is 0 Å². The van der Waals surface area contributed by atoms with E-state index in [1.54, 1.807) is 11.1 Å². The monoisotopic (exact) mass is 232 g/mol. The minimum atomic E-state index is 0.778. The van der Waals surface area contributed by atoms with Crippen molar-refractivity contribution in [3.63, 3.8) is 0 Å². The van der Waals surface area contributed by atoms with E-state index in [1.165, 1.54) is 25.7 Å². The molecule has 17 heavy (non-hydrogen) atoms. The predicted octanol–water partition coefficient (Wildman–Crippen LogP) is 5.36. The van der Waals surface area contributed by atoms with E-state index in [0.717, 1.165) is 23.7 Å². The van der Waals surface area contributed by atoms with E-state index in [9.17, 15) is 0 Å². The van der Waals surface area contributed by atoms with Gasteiger partial charge in [-0.25, -0.2) is 0 Å². The van der Waals surface area contributed by atoms with E-state index >= 15 is 0 Å². The summed E-state index contributed by atoms with van der Waals surface area (Å²) in [5.74, 6) is 3.36. The van der Waals surface area contributed by atoms with Gasteiger partial charge in [0.05, 0.1) is 0 Å². The summed E-state index contributed by atoms with van der Waals surface area (Å²) in [4.78, 5) is 0. The molecule has 0 aromatic rings. The molecule has 4 unspecified atom stereocenters. The average molecular weight is 232 g/mol. The molecule has 96 valence electrons. The van der Waals surface area contributed by atoms with E-state index in [2.05, 4.69) is 40.7 Å². The molecule has 2 rings (SSSR count). The van der Waals surface area contributed by atoms with E-state index in [1.807, 2.05) is 5.57 Å². The van der Waals surface area contributed by atoms with Gasteiger partial charge in [-0.3, -0.25) is 0 Å². The highest BCUT2D eigenvalue weighted by Gasteiger charge is 2.34. The fourth-order valence-electron chi connectivity index (χ4n) is 3.64. The lowest BCUT2D eigenvalue weighted by molar-refractivity contribution is 0.255. The molecule has 0 N–H and O–H groups in total. The lowest BCUT2D eigenvalue weighted by atomic mass is 9.65. The summed E-state index contributed by atoms with van der Waals surface area (Å²) in [5.41, 5.74) is 5.11. The van der Waals surface area contributed by atoms with Gasteiger partial charge in [-0.1, -0.05) is 51.3 Å². The lowest BCUT2D eigenvalue weighted by Crippen LogP contribution is -2.29. The zero-order valence-corrected chi connectivity index (χ0v) is 12.2. The van der Waals surface area contributed by atoms with Crippen LogP contribution in [0.15, 0.2) is 22.8 Å². The van der Waals surface area contributed by atoms with Crippen molar-refractivity contribution in [1.82, 2.24) is 0 Å². The van der Waals surface area contributed by atoms with E-state index < -0.39 is 0 Å². The van der Waals surface area contributed by atoms with E-state index in [0.29, 0.717) is 0 Å². The zero-order valence-electron chi connectivity index (χ0n) is 12.2. The van der Waals surface area contributed by atoms with E-state index in [4.69, 9.17) is 0 Å². The molecule has 0 heterocycles. The van der Waals surface area contributed by atoms with Crippen molar-refractivity contribution in [1.29, 1.82) is 0 Å². The second-order valence-corrected chi connectivity index (χ2v) is 6.46. The van der Waals surface area contributed by atoms with Gasteiger partial charge in [-0.05, 0) is 55.4 Å². The third kappa shape index (κ3) is 2.37. The first-order chi connectivity index (χ1) is 8.04. The Labute approximate surface area is 107 Å². The predicted molar refractivity (Wildman–Crippen MR) is 75.9 cm³/mol. The van der Waals surface area contributed by atoms with Gasteiger partial charge in [-0.15, -0.1) is 0 Å². The van der Waals surface area contributed by atoms with Crippen molar-refractivity contribution in [3.05, 3.63) is 22.8 Å². The molecule has 2 aliphatic carbocycles. The SMILES string of the molecule is CCC(C)C1CC(C)C(C)C2=C1CCC(C)=C2. The molecule has 0 heteroatoms. The van der Waals surface area contributed by atoms with Gasteiger partial charge in [0.15, 0.2) is 0 Å². The molecule has 0 bridgehead atoms. The Morgan fingerprint density at radius 2 is 2.00 bits per heavy atom. The van der Waals surface area contributed by atoms with Gasteiger partial charge < -0.3 is 0 Å². The standard InChI is InChI=1S/C17H28/c1-6-12(3)16-10-13(4)14(5)17-9-11(2)7-8-15(16)17/h9,12-14,16H,6-8,10H2,1-5H3. The van der Waals surface area contributed by atoms with E-state index in [-0.39, 0.29) is 0 Å². The molecule has 0 aliphatic heterocycles. The molecule has 0 radical (unpaired) electrons. The first-order valence-corrected chi connectivity index (χ1v) is 7.44. The summed E-state index contributed by atoms with van der Waals surface area (Å²) in [5, 5.41) is 0. The Bertz CT molecular complexity index is 345. The number of hydrogen-bond acceptors (Lipinski definition) is 0. The average Bonchev–Trinajstić information content (AvgIpc) is 2.33. The maximum atomic E-state index is 2.51. The molecule has 0 fully saturated rings. The summed E-state index contributed by atoms with van der Waals surface area (Å²) in [6, 6.07) is 0. The molecule has 0 saturated heterocycles. The van der Waals surface area contributed by atoms with Crippen LogP contribution in [-0.4, -0.2) is 0 Å². The van der Waals surface area contributed by atoms with Crippen LogP contribution in [0.3, 0.4) is 0 Å². The second kappa shape index (κ2) is 5.00. The lowest BCUT2D eigenvalue weighted by Gasteiger charge is -2.40. The first-order valence-electron chi connectivity index (χ1n) is 7.44. The molecule has 0 spiro atoms. The van der Waals surface area contributed by atoms with Crippen LogP contribution in [0.5, 0.6) is 0 Å². The fourth-order valence-corrected chi connectivity index (χ4v) is 3.64. The maximum absolute atomic E-state index is 2.51. The third-order valence-corrected chi connectivity index (χ3v) is 5.31. The first kappa shape index (κ1) is 12.9. The largest absolute Gasteiger partial charge is 0.0727 e. The van der Waals surface area contributed by atoms with Crippen LogP contribution in [0.25, 0.3) is 0 Å². The maximum Gasteiger partial charge on any atom is -0.0165 e. The van der Waals surface area contributed by atoms with Crippen LogP contribution in [-0.2, 0) is 0 Å². The number of allylic oxidation sites excluding steroid dienone is 4. The van der Waals surface area contributed by atoms with Crippen molar-refractivity contribution in [2.45, 2.75) is 60.3 Å². The normalized spacial score (nSPS) is 35.4. The van der Waals surface area contributed by atoms with Gasteiger partial charge in [0.1, 0.15) is 0 Å². The van der Waals surface area contributed by atoms with Crippen LogP contribution >= 0.6 is 0 Å². The molecular formula is C17H28. The van der Waals surface area contributed by atoms with Crippen LogP contribution < -0.4 is 0 Å². The van der Waals surface area contributed by atoms with Gasteiger partial charge in [0.2, 0.25) is 0 Å². The molecule has 0 aromatic carbocycles. The van der Waals surface area contributed by atoms with Gasteiger partial charge in [0.25, 0.3) is 0 Å². The Kier molecular flexibility index (Phi) is 3.80. The summed E-state index contributed by atoms with van der Waals surface area (Å²) < 4.78 is 0. The summed E-state index contributed by atoms with van der Waals surface area (Å²) in [6.07, 6.45) is 7.89. The molecule has 4 atom stereocenters. The Morgan fingerprint density at radius 3 is 2.65 bits per heavy atom. The quantitative estimate of drug-likeness (QED) is 0.601. The zero-order chi connectivity index (χ0) is 12.6. The van der Waals surface area contributed by atoms with Crippen molar-refractivity contribution < 1.29 is 0 Å². The van der Waals surface area contributed by atoms with Crippen molar-refractivity contribution in [2.75, 3.05) is 0 Å². The molecule has 0 saturated carbocycles. The van der Waals surface area contributed by atoms with Crippen molar-refractivity contribution >= 4 is 0 Å². The molecule has 0 nitrogen and oxygen atoms in total. The number of rotatable bonds is 2. The summed E-state index contributed by atoms with van der Waals surface area (Å²) in [7, 11) is 0. The third-order valence-electron chi connectivity index (χ3n) is 5.31. The summed E-state index contributed by atoms with van der Waals surface area (Å²) >= 11 is 0. The smallest absolute Gasteiger partial charge is 0.0165 e. The van der Waals surface area contributed by atoms with Crippen LogP contribution in [0.1, 0.15) is 60.3 Å². The highest BCUT2D eigenvalue weighted by molar-refractivity contribution is 5.38. The second-order valence-electron chi connectivity index (χ2n) is 6.46. The van der Waals surface area contributed by atoms with Crippen molar-refractivity contribution in [3.8, 4) is 0 Å².